The number of carbonyl (C=O) groups excluding carboxylic acids is 1. The summed E-state index contributed by atoms with van der Waals surface area (Å²) in [5.74, 6) is -3.28. The lowest BCUT2D eigenvalue weighted by atomic mass is 10.1. The molecule has 1 amide bonds. The molecular weight excluding hydrogens is 392 g/mol. The van der Waals surface area contributed by atoms with Gasteiger partial charge >= 0.3 is 0 Å². The molecule has 0 saturated carbocycles. The van der Waals surface area contributed by atoms with Crippen LogP contribution < -0.4 is 10.9 Å². The van der Waals surface area contributed by atoms with Gasteiger partial charge in [0.15, 0.2) is 0 Å². The first-order valence-corrected chi connectivity index (χ1v) is 8.96. The lowest BCUT2D eigenvalue weighted by Crippen LogP contribution is -2.30. The third-order valence-corrected chi connectivity index (χ3v) is 4.58. The van der Waals surface area contributed by atoms with Crippen LogP contribution in [0.2, 0.25) is 0 Å². The number of carbonyl (C=O) groups is 1. The van der Waals surface area contributed by atoms with E-state index in [9.17, 15) is 23.5 Å². The van der Waals surface area contributed by atoms with Gasteiger partial charge in [0.2, 0.25) is 0 Å². The number of nitrogens with zero attached hydrogens (tertiary/aromatic N) is 2. The van der Waals surface area contributed by atoms with Crippen LogP contribution in [0.4, 0.5) is 14.5 Å². The van der Waals surface area contributed by atoms with E-state index in [0.717, 1.165) is 23.8 Å². The lowest BCUT2D eigenvalue weighted by molar-refractivity contribution is 0.102. The molecule has 2 aromatic heterocycles. The third-order valence-electron chi connectivity index (χ3n) is 4.58. The summed E-state index contributed by atoms with van der Waals surface area (Å²) in [6.45, 7) is 0.0993. The van der Waals surface area contributed by atoms with Gasteiger partial charge in [0.25, 0.3) is 11.5 Å². The van der Waals surface area contributed by atoms with E-state index in [1.54, 1.807) is 30.3 Å². The van der Waals surface area contributed by atoms with Crippen molar-refractivity contribution in [2.45, 2.75) is 6.54 Å². The summed E-state index contributed by atoms with van der Waals surface area (Å²) in [5, 5.41) is 12.9. The van der Waals surface area contributed by atoms with E-state index in [1.165, 1.54) is 16.8 Å². The van der Waals surface area contributed by atoms with Crippen LogP contribution in [0.25, 0.3) is 11.0 Å². The zero-order valence-corrected chi connectivity index (χ0v) is 15.5. The Balaban J connectivity index is 1.86. The van der Waals surface area contributed by atoms with Gasteiger partial charge in [-0.1, -0.05) is 30.3 Å². The van der Waals surface area contributed by atoms with Gasteiger partial charge in [0.1, 0.15) is 28.6 Å². The molecule has 2 aromatic carbocycles. The van der Waals surface area contributed by atoms with E-state index in [0.29, 0.717) is 0 Å². The maximum Gasteiger partial charge on any atom is 0.269 e. The number of pyridine rings is 2. The predicted octanol–water partition coefficient (Wildman–Crippen LogP) is 3.68. The van der Waals surface area contributed by atoms with Crippen molar-refractivity contribution in [3.8, 4) is 5.75 Å². The zero-order chi connectivity index (χ0) is 21.3. The van der Waals surface area contributed by atoms with Crippen LogP contribution in [0, 0.1) is 11.6 Å². The first kappa shape index (κ1) is 19.3. The molecule has 150 valence electrons. The van der Waals surface area contributed by atoms with Crippen LogP contribution in [0.5, 0.6) is 5.75 Å². The van der Waals surface area contributed by atoms with E-state index < -0.39 is 40.1 Å². The van der Waals surface area contributed by atoms with Crippen LogP contribution >= 0.6 is 0 Å². The smallest absolute Gasteiger partial charge is 0.269 e. The molecule has 0 bridgehead atoms. The van der Waals surface area contributed by atoms with Crippen molar-refractivity contribution < 1.29 is 18.7 Å². The number of hydrogen-bond acceptors (Lipinski definition) is 4. The maximum absolute atomic E-state index is 13.9. The number of aromatic hydroxyl groups is 1. The highest BCUT2D eigenvalue weighted by Crippen LogP contribution is 2.26. The van der Waals surface area contributed by atoms with Gasteiger partial charge < -0.3 is 10.4 Å². The van der Waals surface area contributed by atoms with E-state index in [4.69, 9.17) is 0 Å². The Labute approximate surface area is 169 Å². The van der Waals surface area contributed by atoms with Gasteiger partial charge in [0.05, 0.1) is 17.6 Å². The Morgan fingerprint density at radius 3 is 2.60 bits per heavy atom. The highest BCUT2D eigenvalue weighted by molar-refractivity contribution is 6.08. The van der Waals surface area contributed by atoms with Gasteiger partial charge in [-0.05, 0) is 29.8 Å². The van der Waals surface area contributed by atoms with Crippen LogP contribution in [-0.2, 0) is 6.54 Å². The molecule has 0 radical (unpaired) electrons. The zero-order valence-electron chi connectivity index (χ0n) is 15.5. The molecule has 0 spiro atoms. The SMILES string of the molecule is O=C(Nc1cc(F)ccc1F)c1c(O)c2cccnc2n(Cc2ccccc2)c1=O. The van der Waals surface area contributed by atoms with Crippen LogP contribution in [0.15, 0.2) is 71.7 Å². The first-order chi connectivity index (χ1) is 14.5. The summed E-state index contributed by atoms with van der Waals surface area (Å²) < 4.78 is 28.6. The van der Waals surface area contributed by atoms with Gasteiger partial charge in [-0.3, -0.25) is 14.2 Å². The average molecular weight is 407 g/mol. The molecule has 0 fully saturated rings. The number of aromatic nitrogens is 2. The number of fused-ring (bicyclic) bond motifs is 1. The summed E-state index contributed by atoms with van der Waals surface area (Å²) in [7, 11) is 0. The number of halogens is 2. The Kier molecular flexibility index (Phi) is 4.97. The minimum absolute atomic E-state index is 0.0993. The summed E-state index contributed by atoms with van der Waals surface area (Å²) in [6, 6.07) is 14.6. The molecule has 6 nitrogen and oxygen atoms in total. The number of amides is 1. The molecule has 4 rings (SSSR count). The van der Waals surface area contributed by atoms with Crippen molar-refractivity contribution in [3.63, 3.8) is 0 Å². The second-order valence-electron chi connectivity index (χ2n) is 6.55. The van der Waals surface area contributed by atoms with Crippen molar-refractivity contribution in [1.29, 1.82) is 0 Å². The summed E-state index contributed by atoms with van der Waals surface area (Å²) in [5.41, 5.74) is -0.872. The lowest BCUT2D eigenvalue weighted by Gasteiger charge is -2.14. The number of rotatable bonds is 4. The predicted molar refractivity (Wildman–Crippen MR) is 108 cm³/mol. The van der Waals surface area contributed by atoms with Gasteiger partial charge in [-0.15, -0.1) is 0 Å². The number of benzene rings is 2. The van der Waals surface area contributed by atoms with Crippen molar-refractivity contribution in [1.82, 2.24) is 9.55 Å². The van der Waals surface area contributed by atoms with Crippen LogP contribution in [0.3, 0.4) is 0 Å². The molecule has 0 saturated heterocycles. The maximum atomic E-state index is 13.9. The molecule has 4 aromatic rings. The molecule has 8 heteroatoms. The van der Waals surface area contributed by atoms with Gasteiger partial charge in [-0.2, -0.15) is 0 Å². The highest BCUT2D eigenvalue weighted by Gasteiger charge is 2.24. The molecule has 2 heterocycles. The third kappa shape index (κ3) is 3.50. The van der Waals surface area contributed by atoms with Crippen LogP contribution in [0.1, 0.15) is 15.9 Å². The molecule has 0 atom stereocenters. The number of nitrogens with one attached hydrogen (secondary N) is 1. The molecule has 2 N–H and O–H groups in total. The van der Waals surface area contributed by atoms with Crippen molar-refractivity contribution in [2.75, 3.05) is 5.32 Å². The molecule has 0 aliphatic rings. The Hall–Kier alpha value is -4.07. The quantitative estimate of drug-likeness (QED) is 0.541. The molecule has 0 unspecified atom stereocenters. The number of anilines is 1. The van der Waals surface area contributed by atoms with E-state index in [1.807, 2.05) is 6.07 Å². The number of hydrogen-bond donors (Lipinski definition) is 2. The van der Waals surface area contributed by atoms with Crippen molar-refractivity contribution in [2.24, 2.45) is 0 Å². The Morgan fingerprint density at radius 1 is 1.07 bits per heavy atom. The average Bonchev–Trinajstić information content (AvgIpc) is 2.74. The molecule has 0 aliphatic heterocycles. The summed E-state index contributed by atoms with van der Waals surface area (Å²) in [4.78, 5) is 30.1. The van der Waals surface area contributed by atoms with E-state index in [2.05, 4.69) is 10.3 Å². The molecule has 0 aliphatic carbocycles. The molecule has 30 heavy (non-hydrogen) atoms. The van der Waals surface area contributed by atoms with Gasteiger partial charge in [0, 0.05) is 12.3 Å². The second kappa shape index (κ2) is 7.75. The van der Waals surface area contributed by atoms with E-state index in [-0.39, 0.29) is 17.6 Å². The fourth-order valence-corrected chi connectivity index (χ4v) is 3.16. The minimum atomic E-state index is -1.06. The first-order valence-electron chi connectivity index (χ1n) is 8.96. The Bertz CT molecular complexity index is 1320. The second-order valence-corrected chi connectivity index (χ2v) is 6.55. The van der Waals surface area contributed by atoms with E-state index >= 15 is 0 Å². The van der Waals surface area contributed by atoms with Crippen molar-refractivity contribution >= 4 is 22.6 Å². The minimum Gasteiger partial charge on any atom is -0.506 e. The molecular formula is C22H15F2N3O3. The monoisotopic (exact) mass is 407 g/mol. The summed E-state index contributed by atoms with van der Waals surface area (Å²) in [6.07, 6.45) is 1.46. The van der Waals surface area contributed by atoms with Crippen LogP contribution in [-0.4, -0.2) is 20.6 Å². The standard InChI is InChI=1S/C22H15F2N3O3/c23-14-8-9-16(24)17(11-14)26-21(29)18-19(28)15-7-4-10-25-20(15)27(22(18)30)12-13-5-2-1-3-6-13/h1-11,28H,12H2,(H,26,29). The Morgan fingerprint density at radius 2 is 1.83 bits per heavy atom. The topological polar surface area (TPSA) is 84.2 Å². The summed E-state index contributed by atoms with van der Waals surface area (Å²) >= 11 is 0. The fraction of sp³-hybridized carbons (Fsp3) is 0.0455. The largest absolute Gasteiger partial charge is 0.506 e. The highest BCUT2D eigenvalue weighted by atomic mass is 19.1. The normalized spacial score (nSPS) is 10.9. The fourth-order valence-electron chi connectivity index (χ4n) is 3.16. The van der Waals surface area contributed by atoms with Crippen molar-refractivity contribution in [3.05, 3.63) is 100.0 Å². The van der Waals surface area contributed by atoms with Gasteiger partial charge in [-0.25, -0.2) is 13.8 Å².